The molecule has 1 aromatic rings. The normalized spacial score (nSPS) is 30.9. The summed E-state index contributed by atoms with van der Waals surface area (Å²) in [6.45, 7) is 5.13. The van der Waals surface area contributed by atoms with Crippen LogP contribution in [0.15, 0.2) is 24.3 Å². The molecule has 35 heavy (non-hydrogen) atoms. The second-order valence-electron chi connectivity index (χ2n) is 9.36. The van der Waals surface area contributed by atoms with Crippen LogP contribution < -0.4 is 15.4 Å². The van der Waals surface area contributed by atoms with Gasteiger partial charge in [0.05, 0.1) is 24.5 Å². The van der Waals surface area contributed by atoms with E-state index >= 15 is 0 Å². The summed E-state index contributed by atoms with van der Waals surface area (Å²) >= 11 is 3.66. The number of amides is 3. The highest BCUT2D eigenvalue weighted by Gasteiger charge is 2.76. The molecule has 3 unspecified atom stereocenters. The maximum absolute atomic E-state index is 13.7. The molecule has 9 nitrogen and oxygen atoms in total. The zero-order chi connectivity index (χ0) is 25.2. The fraction of sp³-hybridized carbons (Fsp3) is 0.640. The fourth-order valence-corrected chi connectivity index (χ4v) is 6.67. The average Bonchev–Trinajstić information content (AvgIpc) is 3.42. The van der Waals surface area contributed by atoms with Crippen LogP contribution in [0.4, 0.5) is 5.69 Å². The molecule has 2 bridgehead atoms. The minimum atomic E-state index is -1.08. The number of aliphatic hydroxyl groups excluding tert-OH is 1. The van der Waals surface area contributed by atoms with Gasteiger partial charge in [-0.2, -0.15) is 0 Å². The summed E-state index contributed by atoms with van der Waals surface area (Å²) in [5.74, 6) is -1.63. The molecule has 3 aliphatic rings. The zero-order valence-electron chi connectivity index (χ0n) is 20.2. The van der Waals surface area contributed by atoms with Gasteiger partial charge in [-0.05, 0) is 50.5 Å². The molecule has 0 aromatic heterocycles. The first kappa shape index (κ1) is 25.9. The quantitative estimate of drug-likeness (QED) is 0.286. The number of aliphatic hydroxyl groups is 1. The van der Waals surface area contributed by atoms with Gasteiger partial charge in [0.15, 0.2) is 0 Å². The molecule has 1 aromatic carbocycles. The fourth-order valence-electron chi connectivity index (χ4n) is 5.72. The van der Waals surface area contributed by atoms with Crippen LogP contribution in [0.2, 0.25) is 0 Å². The molecule has 192 valence electrons. The molecule has 0 saturated carbocycles. The monoisotopic (exact) mass is 551 g/mol. The van der Waals surface area contributed by atoms with Gasteiger partial charge in [-0.3, -0.25) is 14.4 Å². The van der Waals surface area contributed by atoms with Crippen molar-refractivity contribution in [1.82, 2.24) is 10.2 Å². The highest BCUT2D eigenvalue weighted by atomic mass is 79.9. The number of halogens is 1. The van der Waals surface area contributed by atoms with Crippen molar-refractivity contribution in [3.63, 3.8) is 0 Å². The van der Waals surface area contributed by atoms with Gasteiger partial charge in [0, 0.05) is 30.2 Å². The van der Waals surface area contributed by atoms with Crippen LogP contribution >= 0.6 is 15.9 Å². The number of carbonyl (C=O) groups is 3. The summed E-state index contributed by atoms with van der Waals surface area (Å²) in [6, 6.07) is 6.23. The summed E-state index contributed by atoms with van der Waals surface area (Å²) in [5, 5.41) is 15.3. The van der Waals surface area contributed by atoms with Crippen LogP contribution in [0.1, 0.15) is 39.5 Å². The topological polar surface area (TPSA) is 117 Å². The predicted octanol–water partition coefficient (Wildman–Crippen LogP) is 2.07. The standard InChI is InChI=1S/C25H34BrN3O6/c1-3-5-11-27-23(32)21-25-14-17(26)20(35-25)18(19(25)24(33)29(21)12-6-13-30)22(31)28-15-7-9-16(10-8-15)34-4-2/h7-10,17-21,30H,3-6,11-14H2,1-2H3,(H,27,32)(H,28,31)/t17?,18-,19+,20-,21?,25?/m1/s1. The number of nitrogens with zero attached hydrogens (tertiary/aromatic N) is 1. The number of anilines is 1. The van der Waals surface area contributed by atoms with Crippen molar-refractivity contribution < 1.29 is 29.0 Å². The molecule has 3 N–H and O–H groups in total. The number of unbranched alkanes of at least 4 members (excludes halogenated alkanes) is 1. The first-order valence-corrected chi connectivity index (χ1v) is 13.3. The van der Waals surface area contributed by atoms with E-state index in [1.54, 1.807) is 24.3 Å². The minimum Gasteiger partial charge on any atom is -0.494 e. The third-order valence-electron chi connectivity index (χ3n) is 7.16. The van der Waals surface area contributed by atoms with Crippen LogP contribution in [0.25, 0.3) is 0 Å². The SMILES string of the molecule is CCCCNC(=O)C1N(CCCO)C(=O)[C@@H]2[C@@H](C(=O)Nc3ccc(OCC)cc3)[C@@H]3OC12CC3Br. The van der Waals surface area contributed by atoms with Crippen molar-refractivity contribution in [2.75, 3.05) is 31.6 Å². The van der Waals surface area contributed by atoms with Gasteiger partial charge in [0.2, 0.25) is 17.7 Å². The Labute approximate surface area is 214 Å². The minimum absolute atomic E-state index is 0.0994. The number of hydrogen-bond donors (Lipinski definition) is 3. The van der Waals surface area contributed by atoms with E-state index in [0.29, 0.717) is 37.4 Å². The number of hydrogen-bond acceptors (Lipinski definition) is 6. The number of likely N-dealkylation sites (tertiary alicyclic amines) is 1. The lowest BCUT2D eigenvalue weighted by molar-refractivity contribution is -0.141. The number of fused-ring (bicyclic) bond motifs is 1. The van der Waals surface area contributed by atoms with Crippen LogP contribution in [0.3, 0.4) is 0 Å². The Kier molecular flexibility index (Phi) is 8.02. The van der Waals surface area contributed by atoms with Crippen LogP contribution in [-0.2, 0) is 19.1 Å². The van der Waals surface area contributed by atoms with Gasteiger partial charge in [0.25, 0.3) is 0 Å². The summed E-state index contributed by atoms with van der Waals surface area (Å²) in [5.41, 5.74) is -0.486. The van der Waals surface area contributed by atoms with Crippen molar-refractivity contribution in [3.05, 3.63) is 24.3 Å². The molecule has 3 saturated heterocycles. The molecule has 3 fully saturated rings. The van der Waals surface area contributed by atoms with Crippen molar-refractivity contribution in [3.8, 4) is 5.75 Å². The van der Waals surface area contributed by atoms with Crippen LogP contribution in [-0.4, -0.2) is 76.6 Å². The van der Waals surface area contributed by atoms with E-state index in [1.807, 2.05) is 13.8 Å². The van der Waals surface area contributed by atoms with E-state index < -0.39 is 29.6 Å². The smallest absolute Gasteiger partial charge is 0.245 e. The van der Waals surface area contributed by atoms with E-state index in [-0.39, 0.29) is 35.7 Å². The highest BCUT2D eigenvalue weighted by molar-refractivity contribution is 9.09. The van der Waals surface area contributed by atoms with Crippen molar-refractivity contribution in [2.45, 2.75) is 62.1 Å². The lowest BCUT2D eigenvalue weighted by Crippen LogP contribution is -2.56. The van der Waals surface area contributed by atoms with Gasteiger partial charge in [-0.25, -0.2) is 0 Å². The molecule has 10 heteroatoms. The van der Waals surface area contributed by atoms with Crippen molar-refractivity contribution in [1.29, 1.82) is 0 Å². The Balaban J connectivity index is 1.60. The summed E-state index contributed by atoms with van der Waals surface area (Å²) < 4.78 is 11.9. The molecule has 1 spiro atoms. The Morgan fingerprint density at radius 3 is 2.63 bits per heavy atom. The summed E-state index contributed by atoms with van der Waals surface area (Å²) in [7, 11) is 0. The third kappa shape index (κ3) is 4.68. The lowest BCUT2D eigenvalue weighted by atomic mass is 9.70. The summed E-state index contributed by atoms with van der Waals surface area (Å²) in [6.07, 6.45) is 2.05. The molecule has 6 atom stereocenters. The van der Waals surface area contributed by atoms with Crippen LogP contribution in [0, 0.1) is 11.8 Å². The number of carbonyl (C=O) groups excluding carboxylic acids is 3. The van der Waals surface area contributed by atoms with Gasteiger partial charge < -0.3 is 30.1 Å². The number of rotatable bonds is 11. The van der Waals surface area contributed by atoms with E-state index in [2.05, 4.69) is 26.6 Å². The van der Waals surface area contributed by atoms with Crippen molar-refractivity contribution in [2.24, 2.45) is 11.8 Å². The summed E-state index contributed by atoms with van der Waals surface area (Å²) in [4.78, 5) is 41.9. The molecule has 3 amide bonds. The predicted molar refractivity (Wildman–Crippen MR) is 133 cm³/mol. The van der Waals surface area contributed by atoms with Crippen molar-refractivity contribution >= 4 is 39.3 Å². The van der Waals surface area contributed by atoms with Gasteiger partial charge in [-0.1, -0.05) is 29.3 Å². The average molecular weight is 552 g/mol. The van der Waals surface area contributed by atoms with E-state index in [0.717, 1.165) is 12.8 Å². The van der Waals surface area contributed by atoms with Gasteiger partial charge in [-0.15, -0.1) is 0 Å². The second-order valence-corrected chi connectivity index (χ2v) is 10.5. The largest absolute Gasteiger partial charge is 0.494 e. The molecule has 0 radical (unpaired) electrons. The maximum atomic E-state index is 13.7. The Bertz CT molecular complexity index is 944. The molecule has 4 rings (SSSR count). The Hall–Kier alpha value is -2.17. The maximum Gasteiger partial charge on any atom is 0.245 e. The molecule has 0 aliphatic carbocycles. The molecular weight excluding hydrogens is 518 g/mol. The Morgan fingerprint density at radius 2 is 1.97 bits per heavy atom. The first-order valence-electron chi connectivity index (χ1n) is 12.4. The molecule has 3 heterocycles. The second kappa shape index (κ2) is 10.8. The number of alkyl halides is 1. The first-order chi connectivity index (χ1) is 16.9. The van der Waals surface area contributed by atoms with E-state index in [9.17, 15) is 19.5 Å². The highest BCUT2D eigenvalue weighted by Crippen LogP contribution is 2.60. The lowest BCUT2D eigenvalue weighted by Gasteiger charge is -2.34. The number of ether oxygens (including phenoxy) is 2. The third-order valence-corrected chi connectivity index (χ3v) is 8.00. The van der Waals surface area contributed by atoms with Gasteiger partial charge >= 0.3 is 0 Å². The van der Waals surface area contributed by atoms with E-state index in [1.165, 1.54) is 4.90 Å². The van der Waals surface area contributed by atoms with Crippen LogP contribution in [0.5, 0.6) is 5.75 Å². The zero-order valence-corrected chi connectivity index (χ0v) is 21.8. The number of benzene rings is 1. The molecule has 3 aliphatic heterocycles. The number of nitrogens with one attached hydrogen (secondary N) is 2. The Morgan fingerprint density at radius 1 is 1.23 bits per heavy atom. The van der Waals surface area contributed by atoms with Gasteiger partial charge in [0.1, 0.15) is 17.4 Å². The molecular formula is C25H34BrN3O6. The van der Waals surface area contributed by atoms with E-state index in [4.69, 9.17) is 9.47 Å².